The van der Waals surface area contributed by atoms with Crippen LogP contribution in [0.5, 0.6) is 5.75 Å². The Balaban J connectivity index is 1.61. The van der Waals surface area contributed by atoms with E-state index in [1.807, 2.05) is 6.07 Å². The highest BCUT2D eigenvalue weighted by molar-refractivity contribution is 7.91. The van der Waals surface area contributed by atoms with E-state index in [1.165, 1.54) is 36.7 Å². The van der Waals surface area contributed by atoms with Gasteiger partial charge in [-0.3, -0.25) is 4.79 Å². The predicted octanol–water partition coefficient (Wildman–Crippen LogP) is 2.27. The molecule has 0 aliphatic carbocycles. The van der Waals surface area contributed by atoms with Crippen molar-refractivity contribution in [2.75, 3.05) is 11.1 Å². The maximum atomic E-state index is 12.2. The van der Waals surface area contributed by atoms with Crippen molar-refractivity contribution in [2.45, 2.75) is 5.75 Å². The molecule has 0 saturated heterocycles. The minimum absolute atomic E-state index is 0.0796. The average Bonchev–Trinajstić information content (AvgIpc) is 2.68. The molecule has 3 aromatic rings. The van der Waals surface area contributed by atoms with E-state index in [4.69, 9.17) is 5.26 Å². The smallest absolute Gasteiger partial charge is 0.239 e. The lowest BCUT2D eigenvalue weighted by atomic mass is 10.2. The molecule has 0 unspecified atom stereocenters. The molecule has 0 fully saturated rings. The number of nitrogens with zero attached hydrogens (tertiary/aromatic N) is 3. The molecule has 146 valence electrons. The van der Waals surface area contributed by atoms with Gasteiger partial charge < -0.3 is 10.4 Å². The van der Waals surface area contributed by atoms with Gasteiger partial charge in [0.2, 0.25) is 5.91 Å². The minimum atomic E-state index is -3.69. The van der Waals surface area contributed by atoms with Gasteiger partial charge in [-0.1, -0.05) is 24.3 Å². The molecule has 0 radical (unpaired) electrons. The summed E-state index contributed by atoms with van der Waals surface area (Å²) >= 11 is 0. The lowest BCUT2D eigenvalue weighted by molar-refractivity contribution is -0.113. The van der Waals surface area contributed by atoms with Crippen LogP contribution in [0.3, 0.4) is 0 Å². The topological polar surface area (TPSA) is 133 Å². The van der Waals surface area contributed by atoms with Gasteiger partial charge in [-0.05, 0) is 29.8 Å². The fourth-order valence-corrected chi connectivity index (χ4v) is 3.84. The Morgan fingerprint density at radius 2 is 1.79 bits per heavy atom. The molecule has 1 aromatic heterocycles. The first-order chi connectivity index (χ1) is 13.8. The number of phenols is 1. The molecule has 0 bridgehead atoms. The lowest BCUT2D eigenvalue weighted by Crippen LogP contribution is -2.24. The van der Waals surface area contributed by atoms with Gasteiger partial charge >= 0.3 is 0 Å². The van der Waals surface area contributed by atoms with Crippen LogP contribution in [0.2, 0.25) is 0 Å². The second-order valence-corrected chi connectivity index (χ2v) is 8.30. The van der Waals surface area contributed by atoms with Crippen molar-refractivity contribution in [3.8, 4) is 23.2 Å². The summed E-state index contributed by atoms with van der Waals surface area (Å²) < 4.78 is 24.5. The molecule has 29 heavy (non-hydrogen) atoms. The lowest BCUT2D eigenvalue weighted by Gasteiger charge is -2.07. The normalized spacial score (nSPS) is 10.9. The zero-order chi connectivity index (χ0) is 20.9. The number of hydrogen-bond donors (Lipinski definition) is 2. The van der Waals surface area contributed by atoms with Crippen LogP contribution in [0, 0.1) is 11.3 Å². The molecule has 8 nitrogen and oxygen atoms in total. The summed E-state index contributed by atoms with van der Waals surface area (Å²) in [4.78, 5) is 20.3. The highest BCUT2D eigenvalue weighted by Gasteiger charge is 2.18. The molecule has 0 aliphatic rings. The number of sulfone groups is 1. The van der Waals surface area contributed by atoms with Gasteiger partial charge in [0, 0.05) is 5.56 Å². The van der Waals surface area contributed by atoms with E-state index in [0.717, 1.165) is 0 Å². The number of nitriles is 1. The largest absolute Gasteiger partial charge is 0.508 e. The third kappa shape index (κ3) is 5.60. The van der Waals surface area contributed by atoms with E-state index in [0.29, 0.717) is 22.5 Å². The van der Waals surface area contributed by atoms with E-state index in [1.54, 1.807) is 24.3 Å². The van der Waals surface area contributed by atoms with Crippen molar-refractivity contribution in [1.29, 1.82) is 5.26 Å². The van der Waals surface area contributed by atoms with Crippen LogP contribution in [0.15, 0.2) is 60.9 Å². The monoisotopic (exact) mass is 408 g/mol. The van der Waals surface area contributed by atoms with E-state index in [-0.39, 0.29) is 17.2 Å². The average molecular weight is 408 g/mol. The maximum Gasteiger partial charge on any atom is 0.239 e. The van der Waals surface area contributed by atoms with E-state index in [2.05, 4.69) is 15.3 Å². The number of amides is 1. The molecule has 2 N–H and O–H groups in total. The number of aromatic nitrogens is 2. The Morgan fingerprint density at radius 3 is 2.41 bits per heavy atom. The van der Waals surface area contributed by atoms with Crippen molar-refractivity contribution >= 4 is 21.4 Å². The van der Waals surface area contributed by atoms with E-state index >= 15 is 0 Å². The summed E-state index contributed by atoms with van der Waals surface area (Å²) in [6, 6.07) is 14.5. The van der Waals surface area contributed by atoms with Crippen molar-refractivity contribution in [3.05, 3.63) is 72.1 Å². The number of aromatic hydroxyl groups is 1. The second kappa shape index (κ2) is 8.50. The minimum Gasteiger partial charge on any atom is -0.508 e. The van der Waals surface area contributed by atoms with Gasteiger partial charge in [0.15, 0.2) is 15.7 Å². The van der Waals surface area contributed by atoms with Crippen LogP contribution < -0.4 is 5.32 Å². The Hall–Kier alpha value is -3.77. The summed E-state index contributed by atoms with van der Waals surface area (Å²) in [7, 11) is -3.69. The summed E-state index contributed by atoms with van der Waals surface area (Å²) in [5, 5.41) is 20.7. The second-order valence-electron chi connectivity index (χ2n) is 6.23. The molecule has 1 heterocycles. The number of carbonyl (C=O) groups is 1. The highest BCUT2D eigenvalue weighted by Crippen LogP contribution is 2.20. The molecule has 0 aliphatic heterocycles. The van der Waals surface area contributed by atoms with Crippen LogP contribution in [-0.2, 0) is 20.4 Å². The number of phenolic OH excluding ortho intramolecular Hbond substituents is 1. The first-order valence-corrected chi connectivity index (χ1v) is 10.3. The van der Waals surface area contributed by atoms with Gasteiger partial charge in [-0.2, -0.15) is 5.26 Å². The molecule has 0 atom stereocenters. The first-order valence-electron chi connectivity index (χ1n) is 8.45. The Kier molecular flexibility index (Phi) is 5.85. The summed E-state index contributed by atoms with van der Waals surface area (Å²) in [5.74, 6) is -1.27. The zero-order valence-electron chi connectivity index (χ0n) is 15.1. The molecular weight excluding hydrogens is 392 g/mol. The van der Waals surface area contributed by atoms with Crippen LogP contribution in [0.4, 0.5) is 5.69 Å². The van der Waals surface area contributed by atoms with Gasteiger partial charge in [-0.25, -0.2) is 18.4 Å². The Morgan fingerprint density at radius 1 is 1.10 bits per heavy atom. The SMILES string of the molecule is N#Cc1ccc(CS(=O)(=O)CC(=O)Nc2cnc(-c3cccc(O)c3)nc2)cc1. The van der Waals surface area contributed by atoms with Crippen molar-refractivity contribution < 1.29 is 18.3 Å². The molecule has 0 saturated carbocycles. The van der Waals surface area contributed by atoms with Gasteiger partial charge in [0.25, 0.3) is 0 Å². The van der Waals surface area contributed by atoms with Gasteiger partial charge in [0.05, 0.1) is 35.5 Å². The number of carbonyl (C=O) groups excluding carboxylic acids is 1. The molecule has 2 aromatic carbocycles. The number of benzene rings is 2. The number of hydrogen-bond acceptors (Lipinski definition) is 7. The van der Waals surface area contributed by atoms with Crippen LogP contribution >= 0.6 is 0 Å². The third-order valence-electron chi connectivity index (χ3n) is 3.86. The van der Waals surface area contributed by atoms with Crippen molar-refractivity contribution in [3.63, 3.8) is 0 Å². The molecule has 3 rings (SSSR count). The Bertz CT molecular complexity index is 1170. The van der Waals surface area contributed by atoms with Crippen LogP contribution in [0.1, 0.15) is 11.1 Å². The van der Waals surface area contributed by atoms with E-state index in [9.17, 15) is 18.3 Å². The summed E-state index contributed by atoms with van der Waals surface area (Å²) in [5.41, 5.74) is 1.79. The summed E-state index contributed by atoms with van der Waals surface area (Å²) in [6.45, 7) is 0. The highest BCUT2D eigenvalue weighted by atomic mass is 32.2. The van der Waals surface area contributed by atoms with Crippen molar-refractivity contribution in [1.82, 2.24) is 9.97 Å². The van der Waals surface area contributed by atoms with Crippen LogP contribution in [0.25, 0.3) is 11.4 Å². The molecule has 0 spiro atoms. The fraction of sp³-hybridized carbons (Fsp3) is 0.100. The van der Waals surface area contributed by atoms with Gasteiger partial charge in [0.1, 0.15) is 11.5 Å². The standard InChI is InChI=1S/C20H16N4O4S/c21-9-14-4-6-15(7-5-14)12-29(27,28)13-19(26)24-17-10-22-20(23-11-17)16-2-1-3-18(25)8-16/h1-8,10-11,25H,12-13H2,(H,24,26). The quantitative estimate of drug-likeness (QED) is 0.639. The third-order valence-corrected chi connectivity index (χ3v) is 5.34. The number of anilines is 1. The number of rotatable bonds is 6. The molecule has 1 amide bonds. The summed E-state index contributed by atoms with van der Waals surface area (Å²) in [6.07, 6.45) is 2.72. The fourth-order valence-electron chi connectivity index (χ4n) is 2.56. The zero-order valence-corrected chi connectivity index (χ0v) is 15.9. The molecule has 9 heteroatoms. The van der Waals surface area contributed by atoms with Gasteiger partial charge in [-0.15, -0.1) is 0 Å². The van der Waals surface area contributed by atoms with E-state index < -0.39 is 21.5 Å². The number of nitrogens with one attached hydrogen (secondary N) is 1. The predicted molar refractivity (Wildman–Crippen MR) is 106 cm³/mol. The van der Waals surface area contributed by atoms with Crippen LogP contribution in [-0.4, -0.2) is 35.2 Å². The molecular formula is C20H16N4O4S. The maximum absolute atomic E-state index is 12.2. The first kappa shape index (κ1) is 20.0. The van der Waals surface area contributed by atoms with Crippen molar-refractivity contribution in [2.24, 2.45) is 0 Å². The Labute approximate surface area is 167 Å².